The molecule has 0 fully saturated rings. The number of nitrogens with zero attached hydrogens (tertiary/aromatic N) is 1. The first kappa shape index (κ1) is 13.6. The molecule has 1 unspecified atom stereocenters. The van der Waals surface area contributed by atoms with Crippen molar-refractivity contribution in [1.29, 1.82) is 0 Å². The van der Waals surface area contributed by atoms with Crippen LogP contribution < -0.4 is 11.1 Å². The summed E-state index contributed by atoms with van der Waals surface area (Å²) in [5.74, 6) is -0.103. The minimum atomic E-state index is -0.480. The van der Waals surface area contributed by atoms with Crippen molar-refractivity contribution in [2.75, 3.05) is 6.54 Å². The van der Waals surface area contributed by atoms with Crippen LogP contribution in [0.3, 0.4) is 0 Å². The van der Waals surface area contributed by atoms with Crippen LogP contribution in [-0.4, -0.2) is 23.5 Å². The van der Waals surface area contributed by atoms with Gasteiger partial charge in [-0.3, -0.25) is 9.78 Å². The number of carbonyl (C=O) groups excluding carboxylic acids is 1. The van der Waals surface area contributed by atoms with Crippen molar-refractivity contribution in [2.45, 2.75) is 33.2 Å². The summed E-state index contributed by atoms with van der Waals surface area (Å²) in [6, 6.07) is 5.27. The van der Waals surface area contributed by atoms with Crippen LogP contribution >= 0.6 is 0 Å². The van der Waals surface area contributed by atoms with Crippen molar-refractivity contribution < 1.29 is 4.79 Å². The highest BCUT2D eigenvalue weighted by atomic mass is 16.2. The number of aromatic nitrogens is 1. The Morgan fingerprint density at radius 2 is 2.18 bits per heavy atom. The maximum atomic E-state index is 11.7. The average Bonchev–Trinajstić information content (AvgIpc) is 2.28. The summed E-state index contributed by atoms with van der Waals surface area (Å²) < 4.78 is 0. The molecule has 0 radical (unpaired) electrons. The van der Waals surface area contributed by atoms with Crippen molar-refractivity contribution in [3.8, 4) is 0 Å². The van der Waals surface area contributed by atoms with Gasteiger partial charge in [0.05, 0.1) is 6.04 Å². The molecule has 1 aromatic rings. The van der Waals surface area contributed by atoms with Crippen LogP contribution in [0.1, 0.15) is 26.5 Å². The van der Waals surface area contributed by atoms with Crippen LogP contribution in [0, 0.1) is 5.41 Å². The topological polar surface area (TPSA) is 68.0 Å². The van der Waals surface area contributed by atoms with Crippen molar-refractivity contribution in [3.63, 3.8) is 0 Å². The lowest BCUT2D eigenvalue weighted by atomic mass is 9.87. The summed E-state index contributed by atoms with van der Waals surface area (Å²) in [7, 11) is 0. The fraction of sp³-hybridized carbons (Fsp3) is 0.538. The third kappa shape index (κ3) is 4.53. The molecule has 17 heavy (non-hydrogen) atoms. The summed E-state index contributed by atoms with van der Waals surface area (Å²) in [6.45, 7) is 6.43. The van der Waals surface area contributed by atoms with E-state index in [0.717, 1.165) is 12.1 Å². The number of carbonyl (C=O) groups is 1. The number of nitrogens with one attached hydrogen (secondary N) is 1. The molecule has 0 aliphatic rings. The van der Waals surface area contributed by atoms with E-state index in [1.54, 1.807) is 6.20 Å². The van der Waals surface area contributed by atoms with Crippen molar-refractivity contribution in [2.24, 2.45) is 11.1 Å². The van der Waals surface area contributed by atoms with Gasteiger partial charge >= 0.3 is 0 Å². The Kier molecular flexibility index (Phi) is 4.63. The van der Waals surface area contributed by atoms with Gasteiger partial charge in [0.2, 0.25) is 5.91 Å². The lowest BCUT2D eigenvalue weighted by molar-refractivity contribution is -0.124. The Hall–Kier alpha value is -1.42. The van der Waals surface area contributed by atoms with E-state index in [1.165, 1.54) is 0 Å². The largest absolute Gasteiger partial charge is 0.354 e. The fourth-order valence-electron chi connectivity index (χ4n) is 1.36. The van der Waals surface area contributed by atoms with Gasteiger partial charge in [0.15, 0.2) is 0 Å². The summed E-state index contributed by atoms with van der Waals surface area (Å²) in [5, 5.41) is 2.83. The highest BCUT2D eigenvalue weighted by Crippen LogP contribution is 2.16. The molecule has 1 rings (SSSR count). The summed E-state index contributed by atoms with van der Waals surface area (Å²) in [4.78, 5) is 15.9. The Balaban J connectivity index is 2.35. The van der Waals surface area contributed by atoms with E-state index in [0.29, 0.717) is 6.54 Å². The molecule has 1 atom stereocenters. The van der Waals surface area contributed by atoms with Gasteiger partial charge in [-0.05, 0) is 17.5 Å². The highest BCUT2D eigenvalue weighted by Gasteiger charge is 2.26. The lowest BCUT2D eigenvalue weighted by Crippen LogP contribution is -2.49. The molecule has 3 N–H and O–H groups in total. The lowest BCUT2D eigenvalue weighted by Gasteiger charge is -2.25. The number of nitrogens with two attached hydrogens (primary N) is 1. The predicted octanol–water partition coefficient (Wildman–Crippen LogP) is 1.11. The van der Waals surface area contributed by atoms with Crippen molar-refractivity contribution >= 4 is 5.91 Å². The third-order valence-corrected chi connectivity index (χ3v) is 2.62. The van der Waals surface area contributed by atoms with Crippen LogP contribution in [0.5, 0.6) is 0 Å². The van der Waals surface area contributed by atoms with Crippen LogP contribution in [0.2, 0.25) is 0 Å². The number of pyridine rings is 1. The molecular weight excluding hydrogens is 214 g/mol. The van der Waals surface area contributed by atoms with Crippen molar-refractivity contribution in [3.05, 3.63) is 30.1 Å². The maximum absolute atomic E-state index is 11.7. The SMILES string of the molecule is CC(C)(C)C(N)C(=O)NCCc1ccccn1. The van der Waals surface area contributed by atoms with Crippen molar-refractivity contribution in [1.82, 2.24) is 10.3 Å². The zero-order valence-electron chi connectivity index (χ0n) is 10.7. The second kappa shape index (κ2) is 5.77. The second-order valence-electron chi connectivity index (χ2n) is 5.21. The van der Waals surface area contributed by atoms with E-state index in [9.17, 15) is 4.79 Å². The highest BCUT2D eigenvalue weighted by molar-refractivity contribution is 5.82. The molecule has 0 spiro atoms. The molecule has 0 aliphatic carbocycles. The van der Waals surface area contributed by atoms with Crippen LogP contribution in [0.4, 0.5) is 0 Å². The minimum absolute atomic E-state index is 0.103. The zero-order chi connectivity index (χ0) is 12.9. The van der Waals surface area contributed by atoms with Gasteiger partial charge in [0, 0.05) is 24.9 Å². The number of amides is 1. The molecule has 0 saturated heterocycles. The molecular formula is C13H21N3O. The average molecular weight is 235 g/mol. The maximum Gasteiger partial charge on any atom is 0.237 e. The quantitative estimate of drug-likeness (QED) is 0.821. The first-order chi connectivity index (χ1) is 7.91. The van der Waals surface area contributed by atoms with E-state index in [4.69, 9.17) is 5.73 Å². The van der Waals surface area contributed by atoms with Gasteiger partial charge in [-0.1, -0.05) is 26.8 Å². The number of rotatable bonds is 4. The Bertz CT molecular complexity index is 357. The van der Waals surface area contributed by atoms with Gasteiger partial charge < -0.3 is 11.1 Å². The van der Waals surface area contributed by atoms with Crippen LogP contribution in [0.25, 0.3) is 0 Å². The molecule has 0 aliphatic heterocycles. The first-order valence-electron chi connectivity index (χ1n) is 5.84. The monoisotopic (exact) mass is 235 g/mol. The van der Waals surface area contributed by atoms with E-state index < -0.39 is 6.04 Å². The Morgan fingerprint density at radius 3 is 2.71 bits per heavy atom. The summed E-state index contributed by atoms with van der Waals surface area (Å²) >= 11 is 0. The molecule has 0 aromatic carbocycles. The molecule has 0 bridgehead atoms. The van der Waals surface area contributed by atoms with E-state index in [1.807, 2.05) is 39.0 Å². The van der Waals surface area contributed by atoms with Crippen LogP contribution in [-0.2, 0) is 11.2 Å². The normalized spacial score (nSPS) is 13.2. The minimum Gasteiger partial charge on any atom is -0.354 e. The van der Waals surface area contributed by atoms with Gasteiger partial charge in [-0.15, -0.1) is 0 Å². The van der Waals surface area contributed by atoms with Gasteiger partial charge in [-0.25, -0.2) is 0 Å². The Morgan fingerprint density at radius 1 is 1.47 bits per heavy atom. The van der Waals surface area contributed by atoms with Crippen LogP contribution in [0.15, 0.2) is 24.4 Å². The fourth-order valence-corrected chi connectivity index (χ4v) is 1.36. The zero-order valence-corrected chi connectivity index (χ0v) is 10.7. The van der Waals surface area contributed by atoms with Gasteiger partial charge in [-0.2, -0.15) is 0 Å². The predicted molar refractivity (Wildman–Crippen MR) is 68.4 cm³/mol. The Labute approximate surface area is 103 Å². The second-order valence-corrected chi connectivity index (χ2v) is 5.21. The van der Waals surface area contributed by atoms with Gasteiger partial charge in [0.25, 0.3) is 0 Å². The van der Waals surface area contributed by atoms with E-state index in [-0.39, 0.29) is 11.3 Å². The molecule has 1 heterocycles. The molecule has 1 aromatic heterocycles. The third-order valence-electron chi connectivity index (χ3n) is 2.62. The number of hydrogen-bond acceptors (Lipinski definition) is 3. The molecule has 4 nitrogen and oxygen atoms in total. The molecule has 0 saturated carbocycles. The molecule has 1 amide bonds. The molecule has 4 heteroatoms. The first-order valence-corrected chi connectivity index (χ1v) is 5.84. The van der Waals surface area contributed by atoms with Gasteiger partial charge in [0.1, 0.15) is 0 Å². The van der Waals surface area contributed by atoms with E-state index >= 15 is 0 Å². The standard InChI is InChI=1S/C13H21N3O/c1-13(2,3)11(14)12(17)16-9-7-10-6-4-5-8-15-10/h4-6,8,11H,7,9,14H2,1-3H3,(H,16,17). The molecule has 94 valence electrons. The smallest absolute Gasteiger partial charge is 0.237 e. The number of hydrogen-bond donors (Lipinski definition) is 2. The summed E-state index contributed by atoms with van der Waals surface area (Å²) in [5.41, 5.74) is 6.60. The van der Waals surface area contributed by atoms with E-state index in [2.05, 4.69) is 10.3 Å². The summed E-state index contributed by atoms with van der Waals surface area (Å²) in [6.07, 6.45) is 2.47.